The van der Waals surface area contributed by atoms with Gasteiger partial charge in [0.1, 0.15) is 5.82 Å². The van der Waals surface area contributed by atoms with E-state index >= 15 is 0 Å². The molecule has 2 atom stereocenters. The van der Waals surface area contributed by atoms with Crippen LogP contribution < -0.4 is 5.32 Å². The van der Waals surface area contributed by atoms with Gasteiger partial charge in [0, 0.05) is 17.5 Å². The van der Waals surface area contributed by atoms with Gasteiger partial charge in [0.15, 0.2) is 0 Å². The van der Waals surface area contributed by atoms with E-state index in [1.807, 2.05) is 13.0 Å². The fourth-order valence-electron chi connectivity index (χ4n) is 1.93. The van der Waals surface area contributed by atoms with Crippen molar-refractivity contribution in [2.75, 3.05) is 0 Å². The van der Waals surface area contributed by atoms with Crippen LogP contribution in [0.15, 0.2) is 41.8 Å². The number of nitrogens with one attached hydrogen (secondary N) is 1. The number of aliphatic hydroxyl groups is 1. The molecule has 1 aromatic heterocycles. The van der Waals surface area contributed by atoms with E-state index in [1.54, 1.807) is 23.5 Å². The lowest BCUT2D eigenvalue weighted by Gasteiger charge is -2.18. The zero-order valence-corrected chi connectivity index (χ0v) is 11.7. The predicted octanol–water partition coefficient (Wildman–Crippen LogP) is 3.49. The Labute approximate surface area is 116 Å². The summed E-state index contributed by atoms with van der Waals surface area (Å²) in [7, 11) is 0. The molecule has 0 amide bonds. The average Bonchev–Trinajstić information content (AvgIpc) is 2.90. The molecule has 19 heavy (non-hydrogen) atoms. The first-order valence-corrected chi connectivity index (χ1v) is 7.22. The predicted molar refractivity (Wildman–Crippen MR) is 76.6 cm³/mol. The van der Waals surface area contributed by atoms with Gasteiger partial charge in [-0.05, 0) is 42.5 Å². The maximum absolute atomic E-state index is 12.8. The Morgan fingerprint density at radius 1 is 1.26 bits per heavy atom. The van der Waals surface area contributed by atoms with Gasteiger partial charge in [0.05, 0.1) is 6.10 Å². The second-order valence-electron chi connectivity index (χ2n) is 4.66. The lowest BCUT2D eigenvalue weighted by molar-refractivity contribution is 0.154. The Kier molecular flexibility index (Phi) is 5.07. The third kappa shape index (κ3) is 4.42. The third-order valence-corrected chi connectivity index (χ3v) is 3.91. The molecule has 0 saturated heterocycles. The van der Waals surface area contributed by atoms with Gasteiger partial charge in [-0.15, -0.1) is 11.3 Å². The average molecular weight is 279 g/mol. The lowest BCUT2D eigenvalue weighted by atomic mass is 10.0. The summed E-state index contributed by atoms with van der Waals surface area (Å²) >= 11 is 1.72. The normalized spacial score (nSPS) is 14.3. The zero-order chi connectivity index (χ0) is 13.7. The Morgan fingerprint density at radius 3 is 2.63 bits per heavy atom. The van der Waals surface area contributed by atoms with Crippen molar-refractivity contribution in [3.05, 3.63) is 58.0 Å². The summed E-state index contributed by atoms with van der Waals surface area (Å²) in [5, 5.41) is 15.5. The number of rotatable bonds is 6. The first-order valence-electron chi connectivity index (χ1n) is 6.34. The largest absolute Gasteiger partial charge is 0.388 e. The molecule has 102 valence electrons. The van der Waals surface area contributed by atoms with Crippen LogP contribution in [0.2, 0.25) is 0 Å². The van der Waals surface area contributed by atoms with Gasteiger partial charge in [-0.3, -0.25) is 0 Å². The van der Waals surface area contributed by atoms with Crippen LogP contribution >= 0.6 is 11.3 Å². The van der Waals surface area contributed by atoms with Crippen molar-refractivity contribution < 1.29 is 9.50 Å². The fraction of sp³-hybridized carbons (Fsp3) is 0.333. The molecule has 1 heterocycles. The van der Waals surface area contributed by atoms with Crippen molar-refractivity contribution in [2.45, 2.75) is 32.0 Å². The van der Waals surface area contributed by atoms with E-state index < -0.39 is 6.10 Å². The Bertz CT molecular complexity index is 483. The molecule has 0 aliphatic rings. The van der Waals surface area contributed by atoms with Gasteiger partial charge >= 0.3 is 0 Å². The highest BCUT2D eigenvalue weighted by Crippen LogP contribution is 2.19. The van der Waals surface area contributed by atoms with Crippen LogP contribution in [0.25, 0.3) is 0 Å². The number of benzene rings is 1. The van der Waals surface area contributed by atoms with Crippen LogP contribution in [-0.4, -0.2) is 11.1 Å². The second-order valence-corrected chi connectivity index (χ2v) is 5.70. The molecule has 0 aliphatic heterocycles. The number of thiophene rings is 1. The summed E-state index contributed by atoms with van der Waals surface area (Å²) in [6, 6.07) is 10.3. The van der Waals surface area contributed by atoms with Crippen molar-refractivity contribution in [3.8, 4) is 0 Å². The van der Waals surface area contributed by atoms with Gasteiger partial charge in [0.2, 0.25) is 0 Å². The highest BCUT2D eigenvalue weighted by Gasteiger charge is 2.12. The van der Waals surface area contributed by atoms with Gasteiger partial charge in [-0.1, -0.05) is 18.2 Å². The van der Waals surface area contributed by atoms with E-state index in [9.17, 15) is 9.50 Å². The van der Waals surface area contributed by atoms with E-state index in [0.717, 1.165) is 12.1 Å². The molecule has 2 unspecified atom stereocenters. The zero-order valence-electron chi connectivity index (χ0n) is 10.8. The van der Waals surface area contributed by atoms with E-state index in [-0.39, 0.29) is 11.9 Å². The maximum Gasteiger partial charge on any atom is 0.123 e. The van der Waals surface area contributed by atoms with Crippen LogP contribution in [0.4, 0.5) is 4.39 Å². The van der Waals surface area contributed by atoms with Gasteiger partial charge < -0.3 is 10.4 Å². The number of hydrogen-bond acceptors (Lipinski definition) is 3. The van der Waals surface area contributed by atoms with E-state index in [1.165, 1.54) is 17.0 Å². The van der Waals surface area contributed by atoms with Crippen molar-refractivity contribution >= 4 is 11.3 Å². The third-order valence-electron chi connectivity index (χ3n) is 3.04. The molecule has 4 heteroatoms. The number of hydrogen-bond donors (Lipinski definition) is 2. The summed E-state index contributed by atoms with van der Waals surface area (Å²) in [5.41, 5.74) is 0.756. The van der Waals surface area contributed by atoms with Gasteiger partial charge in [-0.2, -0.15) is 0 Å². The van der Waals surface area contributed by atoms with Gasteiger partial charge in [-0.25, -0.2) is 4.39 Å². The Morgan fingerprint density at radius 2 is 2.00 bits per heavy atom. The van der Waals surface area contributed by atoms with Crippen molar-refractivity contribution in [1.29, 1.82) is 0 Å². The van der Waals surface area contributed by atoms with Crippen molar-refractivity contribution in [3.63, 3.8) is 0 Å². The first kappa shape index (κ1) is 14.2. The molecular formula is C15H18FNOS. The van der Waals surface area contributed by atoms with Crippen LogP contribution in [0.1, 0.15) is 29.9 Å². The summed E-state index contributed by atoms with van der Waals surface area (Å²) in [4.78, 5) is 1.28. The molecule has 0 aliphatic carbocycles. The molecule has 2 N–H and O–H groups in total. The maximum atomic E-state index is 12.8. The highest BCUT2D eigenvalue weighted by molar-refractivity contribution is 7.09. The fourth-order valence-corrected chi connectivity index (χ4v) is 2.58. The topological polar surface area (TPSA) is 32.3 Å². The number of halogens is 1. The molecule has 0 radical (unpaired) electrons. The highest BCUT2D eigenvalue weighted by atomic mass is 32.1. The quantitative estimate of drug-likeness (QED) is 0.848. The van der Waals surface area contributed by atoms with E-state index in [4.69, 9.17) is 0 Å². The molecular weight excluding hydrogens is 261 g/mol. The summed E-state index contributed by atoms with van der Waals surface area (Å²) in [5.74, 6) is -0.278. The molecule has 0 fully saturated rings. The molecule has 0 spiro atoms. The minimum Gasteiger partial charge on any atom is -0.388 e. The van der Waals surface area contributed by atoms with Gasteiger partial charge in [0.25, 0.3) is 0 Å². The monoisotopic (exact) mass is 279 g/mol. The first-order chi connectivity index (χ1) is 9.15. The SMILES string of the molecule is CC(CC(O)c1ccc(F)cc1)NCc1cccs1. The molecule has 0 bridgehead atoms. The molecule has 1 aromatic carbocycles. The van der Waals surface area contributed by atoms with Crippen LogP contribution in [-0.2, 0) is 6.54 Å². The van der Waals surface area contributed by atoms with E-state index in [0.29, 0.717) is 6.42 Å². The molecule has 2 rings (SSSR count). The summed E-state index contributed by atoms with van der Waals surface area (Å²) in [6.45, 7) is 2.86. The Balaban J connectivity index is 1.81. The van der Waals surface area contributed by atoms with Crippen LogP contribution in [0.5, 0.6) is 0 Å². The van der Waals surface area contributed by atoms with Crippen LogP contribution in [0, 0.1) is 5.82 Å². The number of aliphatic hydroxyl groups excluding tert-OH is 1. The standard InChI is InChI=1S/C15H18FNOS/c1-11(17-10-14-3-2-8-19-14)9-15(18)12-4-6-13(16)7-5-12/h2-8,11,15,17-18H,9-10H2,1H3. The van der Waals surface area contributed by atoms with Crippen LogP contribution in [0.3, 0.4) is 0 Å². The summed E-state index contributed by atoms with van der Waals surface area (Å²) in [6.07, 6.45) is 0.0447. The summed E-state index contributed by atoms with van der Waals surface area (Å²) < 4.78 is 12.8. The minimum absolute atomic E-state index is 0.196. The smallest absolute Gasteiger partial charge is 0.123 e. The lowest BCUT2D eigenvalue weighted by Crippen LogP contribution is -2.27. The molecule has 2 nitrogen and oxygen atoms in total. The van der Waals surface area contributed by atoms with E-state index in [2.05, 4.69) is 16.8 Å². The van der Waals surface area contributed by atoms with Crippen molar-refractivity contribution in [2.24, 2.45) is 0 Å². The minimum atomic E-state index is -0.563. The van der Waals surface area contributed by atoms with Crippen molar-refractivity contribution in [1.82, 2.24) is 5.32 Å². The Hall–Kier alpha value is -1.23. The second kappa shape index (κ2) is 6.80. The molecule has 0 saturated carbocycles. The molecule has 2 aromatic rings.